The van der Waals surface area contributed by atoms with E-state index in [0.717, 1.165) is 0 Å². The molecule has 0 saturated carbocycles. The van der Waals surface area contributed by atoms with Crippen molar-refractivity contribution in [3.63, 3.8) is 0 Å². The number of hydrogen-bond donors (Lipinski definition) is 1. The average molecular weight is 368 g/mol. The Hall–Kier alpha value is -3.35. The summed E-state index contributed by atoms with van der Waals surface area (Å²) in [6.07, 6.45) is 0.129. The van der Waals surface area contributed by atoms with Crippen molar-refractivity contribution in [2.75, 3.05) is 31.0 Å². The molecule has 1 unspecified atom stereocenters. The first-order chi connectivity index (χ1) is 13.0. The van der Waals surface area contributed by atoms with Gasteiger partial charge in [-0.25, -0.2) is 4.79 Å². The number of amides is 2. The van der Waals surface area contributed by atoms with Gasteiger partial charge in [0.25, 0.3) is 0 Å². The second-order valence-corrected chi connectivity index (χ2v) is 6.14. The molecule has 0 bridgehead atoms. The number of rotatable bonds is 5. The third-order valence-electron chi connectivity index (χ3n) is 4.45. The van der Waals surface area contributed by atoms with Gasteiger partial charge in [0, 0.05) is 18.7 Å². The van der Waals surface area contributed by atoms with Crippen molar-refractivity contribution < 1.29 is 23.9 Å². The standard InChI is InChI=1S/C20H20N2O5/c1-26-17-6-4-3-5-16(17)22-12-14(11-18(22)23)19(24)21-15-9-7-13(8-10-15)20(25)27-2/h3-10,14H,11-12H2,1-2H3,(H,21,24). The minimum Gasteiger partial charge on any atom is -0.495 e. The van der Waals surface area contributed by atoms with Crippen LogP contribution in [0.15, 0.2) is 48.5 Å². The first-order valence-corrected chi connectivity index (χ1v) is 8.46. The summed E-state index contributed by atoms with van der Waals surface area (Å²) in [5.41, 5.74) is 1.60. The first-order valence-electron chi connectivity index (χ1n) is 8.46. The molecule has 0 aromatic heterocycles. The number of para-hydroxylation sites is 2. The molecule has 3 rings (SSSR count). The Bertz CT molecular complexity index is 863. The number of benzene rings is 2. The van der Waals surface area contributed by atoms with Gasteiger partial charge in [-0.2, -0.15) is 0 Å². The number of nitrogens with one attached hydrogen (secondary N) is 1. The number of carbonyl (C=O) groups is 3. The Morgan fingerprint density at radius 3 is 2.44 bits per heavy atom. The smallest absolute Gasteiger partial charge is 0.337 e. The zero-order valence-corrected chi connectivity index (χ0v) is 15.1. The molecule has 1 atom stereocenters. The van der Waals surface area contributed by atoms with Gasteiger partial charge in [-0.3, -0.25) is 9.59 Å². The van der Waals surface area contributed by atoms with Crippen molar-refractivity contribution >= 4 is 29.2 Å². The second-order valence-electron chi connectivity index (χ2n) is 6.14. The molecule has 2 aromatic carbocycles. The van der Waals surface area contributed by atoms with E-state index >= 15 is 0 Å². The van der Waals surface area contributed by atoms with E-state index in [1.807, 2.05) is 12.1 Å². The van der Waals surface area contributed by atoms with Crippen molar-refractivity contribution in [1.29, 1.82) is 0 Å². The molecule has 1 N–H and O–H groups in total. The van der Waals surface area contributed by atoms with Gasteiger partial charge < -0.3 is 19.7 Å². The number of methoxy groups -OCH3 is 2. The van der Waals surface area contributed by atoms with Gasteiger partial charge in [0.2, 0.25) is 11.8 Å². The van der Waals surface area contributed by atoms with Crippen molar-refractivity contribution in [3.05, 3.63) is 54.1 Å². The fourth-order valence-electron chi connectivity index (χ4n) is 3.02. The molecule has 7 nitrogen and oxygen atoms in total. The fraction of sp³-hybridized carbons (Fsp3) is 0.250. The maximum atomic E-state index is 12.6. The Kier molecular flexibility index (Phi) is 5.40. The molecule has 7 heteroatoms. The maximum absolute atomic E-state index is 12.6. The zero-order valence-electron chi connectivity index (χ0n) is 15.1. The molecule has 0 aliphatic carbocycles. The number of anilines is 2. The molecule has 1 aliphatic heterocycles. The van der Waals surface area contributed by atoms with Crippen LogP contribution in [-0.2, 0) is 14.3 Å². The lowest BCUT2D eigenvalue weighted by Crippen LogP contribution is -2.28. The van der Waals surface area contributed by atoms with E-state index in [9.17, 15) is 14.4 Å². The number of nitrogens with zero attached hydrogens (tertiary/aromatic N) is 1. The monoisotopic (exact) mass is 368 g/mol. The highest BCUT2D eigenvalue weighted by atomic mass is 16.5. The topological polar surface area (TPSA) is 84.9 Å². The van der Waals surface area contributed by atoms with Gasteiger partial charge in [0.15, 0.2) is 0 Å². The van der Waals surface area contributed by atoms with Crippen LogP contribution in [-0.4, -0.2) is 38.5 Å². The van der Waals surface area contributed by atoms with Crippen LogP contribution in [0.4, 0.5) is 11.4 Å². The zero-order chi connectivity index (χ0) is 19.4. The second kappa shape index (κ2) is 7.90. The van der Waals surface area contributed by atoms with Crippen LogP contribution in [0.1, 0.15) is 16.8 Å². The average Bonchev–Trinajstić information content (AvgIpc) is 3.09. The van der Waals surface area contributed by atoms with Crippen molar-refractivity contribution in [2.45, 2.75) is 6.42 Å². The number of hydrogen-bond acceptors (Lipinski definition) is 5. The summed E-state index contributed by atoms with van der Waals surface area (Å²) in [7, 11) is 2.85. The lowest BCUT2D eigenvalue weighted by molar-refractivity contribution is -0.122. The lowest BCUT2D eigenvalue weighted by atomic mass is 10.1. The van der Waals surface area contributed by atoms with E-state index in [4.69, 9.17) is 4.74 Å². The van der Waals surface area contributed by atoms with Crippen LogP contribution < -0.4 is 15.0 Å². The van der Waals surface area contributed by atoms with E-state index < -0.39 is 11.9 Å². The van der Waals surface area contributed by atoms with Crippen LogP contribution in [0.5, 0.6) is 5.75 Å². The molecule has 1 saturated heterocycles. The van der Waals surface area contributed by atoms with Crippen LogP contribution in [0.3, 0.4) is 0 Å². The van der Waals surface area contributed by atoms with Crippen LogP contribution >= 0.6 is 0 Å². The Balaban J connectivity index is 1.68. The minimum absolute atomic E-state index is 0.124. The van der Waals surface area contributed by atoms with Gasteiger partial charge in [-0.05, 0) is 36.4 Å². The van der Waals surface area contributed by atoms with Crippen LogP contribution in [0.25, 0.3) is 0 Å². The molecule has 0 radical (unpaired) electrons. The Morgan fingerprint density at radius 1 is 1.07 bits per heavy atom. The summed E-state index contributed by atoms with van der Waals surface area (Å²) in [5.74, 6) is -0.693. The molecule has 1 heterocycles. The molecule has 27 heavy (non-hydrogen) atoms. The summed E-state index contributed by atoms with van der Waals surface area (Å²) >= 11 is 0. The third kappa shape index (κ3) is 3.92. The largest absolute Gasteiger partial charge is 0.495 e. The number of esters is 1. The van der Waals surface area contributed by atoms with Crippen LogP contribution in [0.2, 0.25) is 0 Å². The summed E-state index contributed by atoms with van der Waals surface area (Å²) < 4.78 is 9.95. The molecule has 2 aromatic rings. The highest BCUT2D eigenvalue weighted by Gasteiger charge is 2.36. The minimum atomic E-state index is -0.470. The number of ether oxygens (including phenoxy) is 2. The summed E-state index contributed by atoms with van der Waals surface area (Å²) in [4.78, 5) is 38.0. The normalized spacial score (nSPS) is 16.1. The maximum Gasteiger partial charge on any atom is 0.337 e. The highest BCUT2D eigenvalue weighted by Crippen LogP contribution is 2.33. The SMILES string of the molecule is COC(=O)c1ccc(NC(=O)C2CC(=O)N(c3ccccc3OC)C2)cc1. The quantitative estimate of drug-likeness (QED) is 0.820. The molecule has 140 valence electrons. The van der Waals surface area contributed by atoms with E-state index in [-0.39, 0.29) is 24.8 Å². The van der Waals surface area contributed by atoms with Gasteiger partial charge in [-0.15, -0.1) is 0 Å². The Labute approximate surface area is 156 Å². The van der Waals surface area contributed by atoms with Crippen LogP contribution in [0, 0.1) is 5.92 Å². The van der Waals surface area contributed by atoms with Crippen molar-refractivity contribution in [2.24, 2.45) is 5.92 Å². The third-order valence-corrected chi connectivity index (χ3v) is 4.45. The summed E-state index contributed by atoms with van der Waals surface area (Å²) in [6.45, 7) is 0.283. The fourth-order valence-corrected chi connectivity index (χ4v) is 3.02. The predicted molar refractivity (Wildman–Crippen MR) is 99.9 cm³/mol. The predicted octanol–water partition coefficient (Wildman–Crippen LogP) is 2.47. The first kappa shape index (κ1) is 18.4. The van der Waals surface area contributed by atoms with Crippen molar-refractivity contribution in [3.8, 4) is 5.75 Å². The number of carbonyl (C=O) groups excluding carboxylic acids is 3. The summed E-state index contributed by atoms with van der Waals surface area (Å²) in [5, 5.41) is 2.79. The lowest BCUT2D eigenvalue weighted by Gasteiger charge is -2.19. The van der Waals surface area contributed by atoms with Gasteiger partial charge in [0.05, 0.1) is 31.4 Å². The molecule has 1 aliphatic rings. The molecule has 0 spiro atoms. The molecular formula is C20H20N2O5. The van der Waals surface area contributed by atoms with Crippen molar-refractivity contribution in [1.82, 2.24) is 0 Å². The highest BCUT2D eigenvalue weighted by molar-refractivity contribution is 6.04. The molecule has 2 amide bonds. The van der Waals surface area contributed by atoms with E-state index in [1.54, 1.807) is 48.4 Å². The van der Waals surface area contributed by atoms with Gasteiger partial charge >= 0.3 is 5.97 Å². The van der Waals surface area contributed by atoms with E-state index in [1.165, 1.54) is 7.11 Å². The van der Waals surface area contributed by atoms with Gasteiger partial charge in [-0.1, -0.05) is 12.1 Å². The molecule has 1 fully saturated rings. The summed E-state index contributed by atoms with van der Waals surface area (Å²) in [6, 6.07) is 13.6. The van der Waals surface area contributed by atoms with E-state index in [2.05, 4.69) is 10.1 Å². The molecular weight excluding hydrogens is 348 g/mol. The van der Waals surface area contributed by atoms with Gasteiger partial charge in [0.1, 0.15) is 5.75 Å². The van der Waals surface area contributed by atoms with E-state index in [0.29, 0.717) is 22.7 Å². The Morgan fingerprint density at radius 2 is 1.78 bits per heavy atom.